The SMILES string of the molecule is CCC1(C)CCN(c2cc(C)c(NC(=O)CC(C)(C)C)c(C)c2)CC1. The third-order valence-corrected chi connectivity index (χ3v) is 5.66. The Hall–Kier alpha value is -1.51. The Morgan fingerprint density at radius 1 is 1.16 bits per heavy atom. The molecule has 1 aromatic carbocycles. The summed E-state index contributed by atoms with van der Waals surface area (Å²) < 4.78 is 0. The van der Waals surface area contributed by atoms with E-state index in [1.165, 1.54) is 24.9 Å². The highest BCUT2D eigenvalue weighted by Gasteiger charge is 2.28. The molecule has 3 nitrogen and oxygen atoms in total. The van der Waals surface area contributed by atoms with Crippen LogP contribution in [0, 0.1) is 24.7 Å². The van der Waals surface area contributed by atoms with E-state index in [-0.39, 0.29) is 11.3 Å². The van der Waals surface area contributed by atoms with Crippen molar-refractivity contribution in [3.05, 3.63) is 23.3 Å². The Morgan fingerprint density at radius 3 is 2.12 bits per heavy atom. The van der Waals surface area contributed by atoms with Crippen LogP contribution in [0.1, 0.15) is 71.4 Å². The number of hydrogen-bond donors (Lipinski definition) is 1. The van der Waals surface area contributed by atoms with Gasteiger partial charge in [0.1, 0.15) is 0 Å². The van der Waals surface area contributed by atoms with Crippen LogP contribution in [0.2, 0.25) is 0 Å². The summed E-state index contributed by atoms with van der Waals surface area (Å²) in [5.41, 5.74) is 5.09. The Balaban J connectivity index is 2.11. The highest BCUT2D eigenvalue weighted by molar-refractivity contribution is 5.93. The van der Waals surface area contributed by atoms with Crippen molar-refractivity contribution < 1.29 is 4.79 Å². The van der Waals surface area contributed by atoms with Crippen LogP contribution >= 0.6 is 0 Å². The monoisotopic (exact) mass is 344 g/mol. The minimum absolute atomic E-state index is 0.00552. The lowest BCUT2D eigenvalue weighted by atomic mass is 9.78. The van der Waals surface area contributed by atoms with Gasteiger partial charge < -0.3 is 10.2 Å². The lowest BCUT2D eigenvalue weighted by molar-refractivity contribution is -0.117. The molecule has 0 aliphatic carbocycles. The number of carbonyl (C=O) groups excluding carboxylic acids is 1. The molecule has 2 rings (SSSR count). The van der Waals surface area contributed by atoms with Gasteiger partial charge in [0.2, 0.25) is 5.91 Å². The number of amides is 1. The van der Waals surface area contributed by atoms with Crippen molar-refractivity contribution in [3.63, 3.8) is 0 Å². The van der Waals surface area contributed by atoms with E-state index in [0.29, 0.717) is 11.8 Å². The second-order valence-corrected chi connectivity index (χ2v) is 9.39. The maximum absolute atomic E-state index is 12.3. The summed E-state index contributed by atoms with van der Waals surface area (Å²) in [7, 11) is 0. The molecule has 1 fully saturated rings. The predicted octanol–water partition coefficient (Wildman–Crippen LogP) is 5.69. The number of benzene rings is 1. The normalized spacial score (nSPS) is 17.5. The number of piperidine rings is 1. The van der Waals surface area contributed by atoms with E-state index in [0.717, 1.165) is 29.9 Å². The summed E-state index contributed by atoms with van der Waals surface area (Å²) in [6.45, 7) is 17.4. The van der Waals surface area contributed by atoms with Gasteiger partial charge in [-0.2, -0.15) is 0 Å². The highest BCUT2D eigenvalue weighted by atomic mass is 16.1. The zero-order valence-electron chi connectivity index (χ0n) is 17.3. The van der Waals surface area contributed by atoms with Gasteiger partial charge in [-0.25, -0.2) is 0 Å². The first-order valence-corrected chi connectivity index (χ1v) is 9.69. The number of aryl methyl sites for hydroxylation is 2. The molecule has 1 N–H and O–H groups in total. The zero-order chi connectivity index (χ0) is 18.8. The third kappa shape index (κ3) is 5.23. The van der Waals surface area contributed by atoms with E-state index >= 15 is 0 Å². The molecule has 1 saturated heterocycles. The van der Waals surface area contributed by atoms with Gasteiger partial charge in [0.25, 0.3) is 0 Å². The van der Waals surface area contributed by atoms with Crippen LogP contribution in [0.15, 0.2) is 12.1 Å². The molecule has 0 spiro atoms. The maximum Gasteiger partial charge on any atom is 0.224 e. The van der Waals surface area contributed by atoms with Crippen molar-refractivity contribution in [3.8, 4) is 0 Å². The molecular weight excluding hydrogens is 308 g/mol. The fraction of sp³-hybridized carbons (Fsp3) is 0.682. The molecule has 0 radical (unpaired) electrons. The van der Waals surface area contributed by atoms with Crippen LogP contribution < -0.4 is 10.2 Å². The van der Waals surface area contributed by atoms with Crippen LogP contribution in [0.25, 0.3) is 0 Å². The maximum atomic E-state index is 12.3. The minimum Gasteiger partial charge on any atom is -0.371 e. The molecule has 3 heteroatoms. The Bertz CT molecular complexity index is 596. The lowest BCUT2D eigenvalue weighted by Crippen LogP contribution is -2.38. The molecule has 1 aromatic rings. The number of rotatable bonds is 4. The van der Waals surface area contributed by atoms with Gasteiger partial charge >= 0.3 is 0 Å². The van der Waals surface area contributed by atoms with Gasteiger partial charge in [0, 0.05) is 30.9 Å². The average molecular weight is 345 g/mol. The molecule has 140 valence electrons. The Kier molecular flexibility index (Phi) is 5.86. The van der Waals surface area contributed by atoms with Crippen LogP contribution in [0.3, 0.4) is 0 Å². The lowest BCUT2D eigenvalue weighted by Gasteiger charge is -2.40. The molecule has 0 unspecified atom stereocenters. The average Bonchev–Trinajstić information content (AvgIpc) is 2.50. The largest absolute Gasteiger partial charge is 0.371 e. The van der Waals surface area contributed by atoms with Crippen molar-refractivity contribution in [1.82, 2.24) is 0 Å². The van der Waals surface area contributed by atoms with Crippen molar-refractivity contribution in [2.45, 2.75) is 74.1 Å². The predicted molar refractivity (Wildman–Crippen MR) is 108 cm³/mol. The van der Waals surface area contributed by atoms with Crippen LogP contribution in [-0.2, 0) is 4.79 Å². The molecule has 0 aromatic heterocycles. The van der Waals surface area contributed by atoms with Crippen LogP contribution in [0.5, 0.6) is 0 Å². The minimum atomic E-state index is 0.00552. The van der Waals surface area contributed by atoms with Crippen molar-refractivity contribution in [2.75, 3.05) is 23.3 Å². The van der Waals surface area contributed by atoms with Crippen LogP contribution in [0.4, 0.5) is 11.4 Å². The quantitative estimate of drug-likeness (QED) is 0.760. The van der Waals surface area contributed by atoms with Gasteiger partial charge in [-0.1, -0.05) is 41.0 Å². The molecule has 0 atom stereocenters. The molecular formula is C22H36N2O. The van der Waals surface area contributed by atoms with Gasteiger partial charge in [0.15, 0.2) is 0 Å². The molecule has 1 aliphatic heterocycles. The number of anilines is 2. The number of nitrogens with zero attached hydrogens (tertiary/aromatic N) is 1. The van der Waals surface area contributed by atoms with Crippen molar-refractivity contribution in [2.24, 2.45) is 10.8 Å². The number of carbonyl (C=O) groups is 1. The summed E-state index contributed by atoms with van der Waals surface area (Å²) in [5.74, 6) is 0.100. The highest BCUT2D eigenvalue weighted by Crippen LogP contribution is 2.37. The number of hydrogen-bond acceptors (Lipinski definition) is 2. The van der Waals surface area contributed by atoms with E-state index in [1.807, 2.05) is 0 Å². The first-order chi connectivity index (χ1) is 11.5. The second kappa shape index (κ2) is 7.39. The standard InChI is InChI=1S/C22H36N2O/c1-8-22(7)9-11-24(12-10-22)18-13-16(2)20(17(3)14-18)23-19(25)15-21(4,5)6/h13-14H,8-12,15H2,1-7H3,(H,23,25). The number of nitrogens with one attached hydrogen (secondary N) is 1. The molecule has 1 aliphatic rings. The zero-order valence-corrected chi connectivity index (χ0v) is 17.3. The fourth-order valence-corrected chi connectivity index (χ4v) is 3.64. The molecule has 1 heterocycles. The molecule has 25 heavy (non-hydrogen) atoms. The summed E-state index contributed by atoms with van der Waals surface area (Å²) in [6.07, 6.45) is 4.31. The van der Waals surface area contributed by atoms with Crippen molar-refractivity contribution in [1.29, 1.82) is 0 Å². The Morgan fingerprint density at radius 2 is 1.68 bits per heavy atom. The van der Waals surface area contributed by atoms with E-state index in [2.05, 4.69) is 70.8 Å². The summed E-state index contributed by atoms with van der Waals surface area (Å²) in [4.78, 5) is 14.8. The fourth-order valence-electron chi connectivity index (χ4n) is 3.64. The topological polar surface area (TPSA) is 32.3 Å². The summed E-state index contributed by atoms with van der Waals surface area (Å²) in [6, 6.07) is 4.46. The second-order valence-electron chi connectivity index (χ2n) is 9.39. The van der Waals surface area contributed by atoms with Gasteiger partial charge in [-0.05, 0) is 60.8 Å². The third-order valence-electron chi connectivity index (χ3n) is 5.66. The summed E-state index contributed by atoms with van der Waals surface area (Å²) >= 11 is 0. The first-order valence-electron chi connectivity index (χ1n) is 9.69. The van der Waals surface area contributed by atoms with E-state index in [4.69, 9.17) is 0 Å². The Labute approximate surface area is 154 Å². The van der Waals surface area contributed by atoms with E-state index in [1.54, 1.807) is 0 Å². The smallest absolute Gasteiger partial charge is 0.224 e. The first kappa shape index (κ1) is 19.8. The van der Waals surface area contributed by atoms with Crippen molar-refractivity contribution >= 4 is 17.3 Å². The van der Waals surface area contributed by atoms with E-state index in [9.17, 15) is 4.79 Å². The molecule has 1 amide bonds. The van der Waals surface area contributed by atoms with Gasteiger partial charge in [-0.3, -0.25) is 4.79 Å². The van der Waals surface area contributed by atoms with Gasteiger partial charge in [-0.15, -0.1) is 0 Å². The molecule has 0 saturated carbocycles. The summed E-state index contributed by atoms with van der Waals surface area (Å²) in [5, 5.41) is 3.13. The molecule has 0 bridgehead atoms. The van der Waals surface area contributed by atoms with E-state index < -0.39 is 0 Å². The van der Waals surface area contributed by atoms with Gasteiger partial charge in [0.05, 0.1) is 0 Å². The van der Waals surface area contributed by atoms with Crippen LogP contribution in [-0.4, -0.2) is 19.0 Å².